The first kappa shape index (κ1) is 24.0. The minimum absolute atomic E-state index is 0.0193. The van der Waals surface area contributed by atoms with E-state index in [2.05, 4.69) is 6.58 Å². The van der Waals surface area contributed by atoms with E-state index >= 15 is 0 Å². The molecule has 0 aliphatic rings. The number of ether oxygens (including phenoxy) is 1. The Morgan fingerprint density at radius 2 is 1.18 bits per heavy atom. The number of carbonyl (C=O) groups excluding carboxylic acids is 2. The van der Waals surface area contributed by atoms with Crippen molar-refractivity contribution < 1.29 is 24.2 Å². The Balaban J connectivity index is 2.52. The van der Waals surface area contributed by atoms with E-state index < -0.39 is 24.6 Å². The highest BCUT2D eigenvalue weighted by Crippen LogP contribution is 2.46. The van der Waals surface area contributed by atoms with E-state index in [-0.39, 0.29) is 24.7 Å². The zero-order valence-corrected chi connectivity index (χ0v) is 19.0. The smallest absolute Gasteiger partial charge is 0.343 e. The van der Waals surface area contributed by atoms with Crippen molar-refractivity contribution in [1.82, 2.24) is 0 Å². The van der Waals surface area contributed by atoms with Crippen LogP contribution in [0.4, 0.5) is 0 Å². The van der Waals surface area contributed by atoms with Crippen molar-refractivity contribution in [1.29, 1.82) is 0 Å². The van der Waals surface area contributed by atoms with Gasteiger partial charge in [-0.15, -0.1) is 0 Å². The highest BCUT2D eigenvalue weighted by Gasteiger charge is 2.37. The SMILES string of the molecule is C=CCOC(=O)C(C(=O)CCC(=O)O)=P(c1ccccc1)(c1ccccc1)c1ccccc1. The lowest BCUT2D eigenvalue weighted by molar-refractivity contribution is -0.139. The molecular weight excluding hydrogens is 435 g/mol. The van der Waals surface area contributed by atoms with Crippen LogP contribution in [0, 0.1) is 0 Å². The average Bonchev–Trinajstić information content (AvgIpc) is 2.86. The van der Waals surface area contributed by atoms with Gasteiger partial charge in [0, 0.05) is 6.42 Å². The van der Waals surface area contributed by atoms with Gasteiger partial charge in [0.2, 0.25) is 0 Å². The first-order chi connectivity index (χ1) is 16.0. The predicted octanol–water partition coefficient (Wildman–Crippen LogP) is 3.32. The molecule has 0 bridgehead atoms. The molecule has 1 N–H and O–H groups in total. The van der Waals surface area contributed by atoms with Crippen LogP contribution in [0.25, 0.3) is 0 Å². The van der Waals surface area contributed by atoms with Crippen LogP contribution in [-0.4, -0.2) is 34.7 Å². The highest BCUT2D eigenvalue weighted by molar-refractivity contribution is 7.97. The lowest BCUT2D eigenvalue weighted by atomic mass is 10.1. The second-order valence-corrected chi connectivity index (χ2v) is 10.6. The predicted molar refractivity (Wildman–Crippen MR) is 133 cm³/mol. The van der Waals surface area contributed by atoms with E-state index in [1.165, 1.54) is 6.08 Å². The fourth-order valence-corrected chi connectivity index (χ4v) is 8.12. The van der Waals surface area contributed by atoms with E-state index in [9.17, 15) is 19.5 Å². The number of aliphatic carboxylic acids is 1. The maximum absolute atomic E-state index is 13.6. The van der Waals surface area contributed by atoms with Crippen molar-refractivity contribution in [2.75, 3.05) is 6.61 Å². The number of carbonyl (C=O) groups is 3. The average molecular weight is 460 g/mol. The van der Waals surface area contributed by atoms with Gasteiger partial charge in [0.25, 0.3) is 0 Å². The Bertz CT molecular complexity index is 1080. The van der Waals surface area contributed by atoms with Crippen LogP contribution in [0.15, 0.2) is 104 Å². The number of benzene rings is 3. The third-order valence-electron chi connectivity index (χ3n) is 5.12. The number of hydrogen-bond donors (Lipinski definition) is 1. The molecule has 5 nitrogen and oxygen atoms in total. The van der Waals surface area contributed by atoms with Crippen LogP contribution in [-0.2, 0) is 19.1 Å². The number of Topliss-reactive ketones (excluding diaryl/α,β-unsaturated/α-hetero) is 1. The molecule has 0 fully saturated rings. The standard InChI is InChI=1S/C27H25O5P/c1-2-20-32-27(31)26(24(28)18-19-25(29)30)33(21-12-6-3-7-13-21,22-14-8-4-9-15-22)23-16-10-5-11-17-23/h2-17H,1,18-20H2,(H,29,30). The topological polar surface area (TPSA) is 80.7 Å². The summed E-state index contributed by atoms with van der Waals surface area (Å²) in [6, 6.07) is 28.2. The number of hydrogen-bond acceptors (Lipinski definition) is 4. The van der Waals surface area contributed by atoms with Gasteiger partial charge in [0.05, 0.1) is 6.42 Å². The van der Waals surface area contributed by atoms with E-state index in [1.54, 1.807) is 0 Å². The molecule has 0 radical (unpaired) electrons. The molecule has 3 aromatic carbocycles. The number of esters is 1. The zero-order valence-electron chi connectivity index (χ0n) is 18.1. The summed E-state index contributed by atoms with van der Waals surface area (Å²) in [6.07, 6.45) is 0.752. The monoisotopic (exact) mass is 460 g/mol. The van der Waals surface area contributed by atoms with Gasteiger partial charge in [-0.1, -0.05) is 104 Å². The first-order valence-electron chi connectivity index (χ1n) is 10.5. The summed E-state index contributed by atoms with van der Waals surface area (Å²) in [5.41, 5.74) is 0. The number of carboxylic acids is 1. The summed E-state index contributed by atoms with van der Waals surface area (Å²) in [5.74, 6) is -2.39. The van der Waals surface area contributed by atoms with Gasteiger partial charge >= 0.3 is 11.9 Å². The molecule has 0 aliphatic carbocycles. The van der Waals surface area contributed by atoms with Crippen molar-refractivity contribution in [3.8, 4) is 0 Å². The molecule has 3 aromatic rings. The minimum atomic E-state index is -3.01. The van der Waals surface area contributed by atoms with Crippen molar-refractivity contribution in [3.63, 3.8) is 0 Å². The van der Waals surface area contributed by atoms with E-state index in [4.69, 9.17) is 4.74 Å². The molecule has 6 heteroatoms. The van der Waals surface area contributed by atoms with Gasteiger partial charge in [0.15, 0.2) is 5.78 Å². The van der Waals surface area contributed by atoms with Crippen LogP contribution in [0.1, 0.15) is 12.8 Å². The van der Waals surface area contributed by atoms with Gasteiger partial charge in [-0.05, 0) is 22.8 Å². The second-order valence-electron chi connectivity index (χ2n) is 7.23. The molecule has 0 saturated carbocycles. The maximum Gasteiger partial charge on any atom is 0.343 e. The maximum atomic E-state index is 13.6. The number of carboxylic acid groups (broad SMARTS) is 1. The van der Waals surface area contributed by atoms with Crippen molar-refractivity contribution in [3.05, 3.63) is 104 Å². The summed E-state index contributed by atoms with van der Waals surface area (Å²) >= 11 is 0. The largest absolute Gasteiger partial charge is 0.481 e. The van der Waals surface area contributed by atoms with Crippen LogP contribution in [0.2, 0.25) is 0 Å². The first-order valence-corrected chi connectivity index (χ1v) is 12.3. The van der Waals surface area contributed by atoms with Gasteiger partial charge in [-0.25, -0.2) is 4.79 Å². The van der Waals surface area contributed by atoms with Crippen LogP contribution in [0.3, 0.4) is 0 Å². The quantitative estimate of drug-likeness (QED) is 0.217. The molecule has 168 valence electrons. The molecule has 0 aromatic heterocycles. The fourth-order valence-electron chi connectivity index (χ4n) is 3.77. The minimum Gasteiger partial charge on any atom is -0.481 e. The van der Waals surface area contributed by atoms with Crippen LogP contribution >= 0.6 is 6.89 Å². The zero-order chi connectivity index (χ0) is 23.7. The third-order valence-corrected chi connectivity index (χ3v) is 9.44. The van der Waals surface area contributed by atoms with Crippen molar-refractivity contribution in [2.24, 2.45) is 0 Å². The summed E-state index contributed by atoms with van der Waals surface area (Å²) < 4.78 is 5.42. The summed E-state index contributed by atoms with van der Waals surface area (Å²) in [5, 5.41) is 11.6. The molecular formula is C27H25O5P. The van der Waals surface area contributed by atoms with Crippen LogP contribution < -0.4 is 15.9 Å². The molecule has 0 spiro atoms. The summed E-state index contributed by atoms with van der Waals surface area (Å²) in [6.45, 7) is 0.520. The van der Waals surface area contributed by atoms with E-state index in [1.807, 2.05) is 91.0 Å². The Morgan fingerprint density at radius 1 is 0.758 bits per heavy atom. The van der Waals surface area contributed by atoms with Gasteiger partial charge in [0.1, 0.15) is 11.9 Å². The Hall–Kier alpha value is -3.69. The fraction of sp³-hybridized carbons (Fsp3) is 0.111. The molecule has 3 rings (SSSR count). The van der Waals surface area contributed by atoms with Gasteiger partial charge in [-0.3, -0.25) is 9.59 Å². The molecule has 0 unspecified atom stereocenters. The third kappa shape index (κ3) is 5.21. The second kappa shape index (κ2) is 11.3. The van der Waals surface area contributed by atoms with Crippen molar-refractivity contribution >= 4 is 45.8 Å². The van der Waals surface area contributed by atoms with Gasteiger partial charge < -0.3 is 9.84 Å². The summed E-state index contributed by atoms with van der Waals surface area (Å²) in [4.78, 5) is 38.4. The lowest BCUT2D eigenvalue weighted by Gasteiger charge is -2.31. The molecule has 0 amide bonds. The normalized spacial score (nSPS) is 10.8. The number of ketones is 1. The Kier molecular flexibility index (Phi) is 8.17. The van der Waals surface area contributed by atoms with Crippen molar-refractivity contribution in [2.45, 2.75) is 12.8 Å². The van der Waals surface area contributed by atoms with E-state index in [0.717, 1.165) is 15.9 Å². The molecule has 0 aliphatic heterocycles. The van der Waals surface area contributed by atoms with E-state index in [0.29, 0.717) is 0 Å². The highest BCUT2D eigenvalue weighted by atomic mass is 31.2. The van der Waals surface area contributed by atoms with Gasteiger partial charge in [-0.2, -0.15) is 0 Å². The molecule has 0 saturated heterocycles. The Labute approximate surface area is 193 Å². The Morgan fingerprint density at radius 3 is 1.55 bits per heavy atom. The number of rotatable bonds is 10. The molecule has 0 heterocycles. The molecule has 0 atom stereocenters. The van der Waals surface area contributed by atoms with Crippen LogP contribution in [0.5, 0.6) is 0 Å². The summed E-state index contributed by atoms with van der Waals surface area (Å²) in [7, 11) is 0. The molecule has 33 heavy (non-hydrogen) atoms. The lowest BCUT2D eigenvalue weighted by Crippen LogP contribution is -2.38.